The van der Waals surface area contributed by atoms with Gasteiger partial charge in [-0.1, -0.05) is 12.5 Å². The number of unbranched alkanes of at least 4 members (excludes halogenated alkanes) is 1. The van der Waals surface area contributed by atoms with Crippen LogP contribution in [0.3, 0.4) is 0 Å². The highest BCUT2D eigenvalue weighted by molar-refractivity contribution is 7.17. The molecule has 4 atom stereocenters. The highest BCUT2D eigenvalue weighted by atomic mass is 31.0. The van der Waals surface area contributed by atoms with Gasteiger partial charge in [-0.3, -0.25) is 9.69 Å². The van der Waals surface area contributed by atoms with E-state index < -0.39 is 17.8 Å². The van der Waals surface area contributed by atoms with E-state index in [1.807, 2.05) is 4.90 Å². The third kappa shape index (κ3) is 7.79. The lowest BCUT2D eigenvalue weighted by Crippen LogP contribution is -2.34. The van der Waals surface area contributed by atoms with Crippen LogP contribution in [0.1, 0.15) is 73.4 Å². The summed E-state index contributed by atoms with van der Waals surface area (Å²) in [7, 11) is 4.73. The normalized spacial score (nSPS) is 21.0. The van der Waals surface area contributed by atoms with E-state index >= 15 is 0 Å². The molecule has 0 spiro atoms. The first kappa shape index (κ1) is 31.1. The Morgan fingerprint density at radius 2 is 2.10 bits per heavy atom. The summed E-state index contributed by atoms with van der Waals surface area (Å²) in [4.78, 5) is 19.4. The van der Waals surface area contributed by atoms with Gasteiger partial charge >= 0.3 is 5.97 Å². The van der Waals surface area contributed by atoms with Crippen molar-refractivity contribution in [3.05, 3.63) is 52.5 Å². The van der Waals surface area contributed by atoms with E-state index in [9.17, 15) is 14.3 Å². The zero-order valence-corrected chi connectivity index (χ0v) is 25.8. The second-order valence-electron chi connectivity index (χ2n) is 11.8. The zero-order chi connectivity index (χ0) is 29.5. The number of aromatic nitrogens is 1. The van der Waals surface area contributed by atoms with Gasteiger partial charge in [0.15, 0.2) is 0 Å². The van der Waals surface area contributed by atoms with Crippen LogP contribution in [0.4, 0.5) is 10.2 Å². The first-order chi connectivity index (χ1) is 20.4. The van der Waals surface area contributed by atoms with E-state index in [2.05, 4.69) is 20.6 Å². The number of hydrogen-bond acceptors (Lipinski definition) is 7. The molecule has 2 fully saturated rings. The summed E-state index contributed by atoms with van der Waals surface area (Å²) < 4.78 is 31.5. The maximum absolute atomic E-state index is 14.4. The molecule has 2 N–H and O–H groups in total. The number of pyridine rings is 1. The maximum Gasteiger partial charge on any atom is 0.325 e. The average Bonchev–Trinajstić information content (AvgIpc) is 3.48. The average molecular weight is 602 g/mol. The summed E-state index contributed by atoms with van der Waals surface area (Å²) in [5, 5.41) is 13.7. The van der Waals surface area contributed by atoms with Crippen LogP contribution in [0.5, 0.6) is 5.75 Å². The largest absolute Gasteiger partial charge is 0.496 e. The van der Waals surface area contributed by atoms with Crippen molar-refractivity contribution in [2.24, 2.45) is 5.92 Å². The molecule has 3 aliphatic heterocycles. The highest BCUT2D eigenvalue weighted by Gasteiger charge is 2.36. The second kappa shape index (κ2) is 14.9. The predicted molar refractivity (Wildman–Crippen MR) is 164 cm³/mol. The highest BCUT2D eigenvalue weighted by Crippen LogP contribution is 2.36. The van der Waals surface area contributed by atoms with Crippen LogP contribution in [-0.2, 0) is 33.7 Å². The van der Waals surface area contributed by atoms with Gasteiger partial charge in [-0.2, -0.15) is 0 Å². The Balaban J connectivity index is 1.15. The smallest absolute Gasteiger partial charge is 0.325 e. The van der Waals surface area contributed by atoms with Crippen molar-refractivity contribution in [3.63, 3.8) is 0 Å². The summed E-state index contributed by atoms with van der Waals surface area (Å²) in [5.41, 5.74) is 3.87. The lowest BCUT2D eigenvalue weighted by atomic mass is 9.97. The van der Waals surface area contributed by atoms with Crippen molar-refractivity contribution in [3.8, 4) is 5.75 Å². The van der Waals surface area contributed by atoms with Crippen LogP contribution in [0.25, 0.3) is 0 Å². The molecule has 230 valence electrons. The molecule has 4 heterocycles. The molecule has 5 rings (SSSR count). The van der Waals surface area contributed by atoms with E-state index in [1.54, 1.807) is 13.2 Å². The van der Waals surface area contributed by atoms with Crippen LogP contribution in [-0.4, -0.2) is 72.7 Å². The number of halogens is 1. The van der Waals surface area contributed by atoms with Crippen molar-refractivity contribution in [2.45, 2.75) is 82.2 Å². The Bertz CT molecular complexity index is 1190. The number of nitrogens with zero attached hydrogens (tertiary/aromatic N) is 2. The number of aliphatic carboxylic acids is 1. The minimum atomic E-state index is -0.948. The van der Waals surface area contributed by atoms with Gasteiger partial charge in [0.1, 0.15) is 23.4 Å². The molecule has 0 bridgehead atoms. The molecule has 42 heavy (non-hydrogen) atoms. The minimum Gasteiger partial charge on any atom is -0.496 e. The number of carboxylic acid groups (broad SMARTS) is 1. The maximum atomic E-state index is 14.4. The summed E-state index contributed by atoms with van der Waals surface area (Å²) in [6.07, 6.45) is 8.79. The minimum absolute atomic E-state index is 0.0793. The van der Waals surface area contributed by atoms with Crippen LogP contribution >= 0.6 is 9.24 Å². The van der Waals surface area contributed by atoms with Gasteiger partial charge < -0.3 is 24.6 Å². The van der Waals surface area contributed by atoms with Crippen LogP contribution < -0.4 is 10.1 Å². The SMILES string of the molecule is COc1cc(CCCC[C@@H](P)C2CCN([C@@H](C(=O)O)c3cc(F)ccc3COC3CCOCC3)C2)nc2c1CCCN2. The second-order valence-corrected chi connectivity index (χ2v) is 12.7. The zero-order valence-electron chi connectivity index (χ0n) is 24.7. The molecule has 10 heteroatoms. The lowest BCUT2D eigenvalue weighted by molar-refractivity contribution is -0.143. The van der Waals surface area contributed by atoms with E-state index in [0.717, 1.165) is 87.2 Å². The van der Waals surface area contributed by atoms with Gasteiger partial charge in [0, 0.05) is 43.6 Å². The number of anilines is 1. The molecule has 2 aromatic rings. The number of rotatable bonds is 13. The summed E-state index contributed by atoms with van der Waals surface area (Å²) in [5.74, 6) is 0.902. The Morgan fingerprint density at radius 3 is 2.88 bits per heavy atom. The molecule has 0 aliphatic carbocycles. The van der Waals surface area contributed by atoms with E-state index in [0.29, 0.717) is 43.4 Å². The molecule has 1 aromatic heterocycles. The van der Waals surface area contributed by atoms with Gasteiger partial charge in [-0.15, -0.1) is 9.24 Å². The van der Waals surface area contributed by atoms with Gasteiger partial charge in [-0.25, -0.2) is 9.37 Å². The van der Waals surface area contributed by atoms with Crippen LogP contribution in [0.15, 0.2) is 24.3 Å². The van der Waals surface area contributed by atoms with Crippen molar-refractivity contribution in [2.75, 3.05) is 45.3 Å². The van der Waals surface area contributed by atoms with Gasteiger partial charge in [0.25, 0.3) is 0 Å². The van der Waals surface area contributed by atoms with Crippen LogP contribution in [0, 0.1) is 11.7 Å². The molecule has 8 nitrogen and oxygen atoms in total. The Kier molecular flexibility index (Phi) is 11.0. The molecule has 3 aliphatic rings. The molecule has 0 saturated carbocycles. The number of nitrogens with one attached hydrogen (secondary N) is 1. The Morgan fingerprint density at radius 1 is 1.26 bits per heavy atom. The van der Waals surface area contributed by atoms with Gasteiger partial charge in [-0.05, 0) is 92.7 Å². The molecule has 2 unspecified atom stereocenters. The van der Waals surface area contributed by atoms with Gasteiger partial charge in [0.2, 0.25) is 0 Å². The topological polar surface area (TPSA) is 93.2 Å². The number of ether oxygens (including phenoxy) is 3. The van der Waals surface area contributed by atoms with E-state index in [4.69, 9.17) is 19.2 Å². The van der Waals surface area contributed by atoms with Crippen molar-refractivity contribution < 1.29 is 28.5 Å². The fraction of sp³-hybridized carbons (Fsp3) is 0.625. The summed E-state index contributed by atoms with van der Waals surface area (Å²) in [6.45, 7) is 3.91. The molecule has 2 saturated heterocycles. The number of fused-ring (bicyclic) bond motifs is 1. The third-order valence-corrected chi connectivity index (χ3v) is 9.86. The molecule has 0 radical (unpaired) electrons. The number of benzene rings is 1. The number of methoxy groups -OCH3 is 1. The molecular formula is C32H45FN3O5P. The summed E-state index contributed by atoms with van der Waals surface area (Å²) >= 11 is 0. The number of likely N-dealkylation sites (tertiary alicyclic amines) is 1. The van der Waals surface area contributed by atoms with Crippen molar-refractivity contribution >= 4 is 21.0 Å². The third-order valence-electron chi connectivity index (χ3n) is 8.98. The Hall–Kier alpha value is -2.32. The molecular weight excluding hydrogens is 556 g/mol. The molecule has 1 aromatic carbocycles. The quantitative estimate of drug-likeness (QED) is 0.233. The summed E-state index contributed by atoms with van der Waals surface area (Å²) in [6, 6.07) is 5.64. The number of hydrogen-bond donors (Lipinski definition) is 2. The fourth-order valence-corrected chi connectivity index (χ4v) is 7.13. The number of carboxylic acids is 1. The van der Waals surface area contributed by atoms with E-state index in [-0.39, 0.29) is 12.7 Å². The number of carbonyl (C=O) groups is 1. The first-order valence-electron chi connectivity index (χ1n) is 15.4. The van der Waals surface area contributed by atoms with Crippen LogP contribution in [0.2, 0.25) is 0 Å². The van der Waals surface area contributed by atoms with Crippen molar-refractivity contribution in [1.82, 2.24) is 9.88 Å². The predicted octanol–water partition coefficient (Wildman–Crippen LogP) is 5.39. The monoisotopic (exact) mass is 601 g/mol. The lowest BCUT2D eigenvalue weighted by Gasteiger charge is -2.28. The molecule has 0 amide bonds. The fourth-order valence-electron chi connectivity index (χ4n) is 6.58. The van der Waals surface area contributed by atoms with Crippen molar-refractivity contribution in [1.29, 1.82) is 0 Å². The first-order valence-corrected chi connectivity index (χ1v) is 16.1. The van der Waals surface area contributed by atoms with E-state index in [1.165, 1.54) is 17.7 Å². The Labute approximate surface area is 250 Å². The number of aryl methyl sites for hydroxylation is 1. The van der Waals surface area contributed by atoms with Gasteiger partial charge in [0.05, 0.1) is 19.8 Å². The standard InChI is InChI=1S/C32H45FN3O5P/c1-39-28-18-24(35-31-26(28)6-4-13-34-31)5-2-3-7-29(42)21-10-14-36(19-21)30(32(37)38)27-17-23(33)9-8-22(27)20-41-25-11-15-40-16-12-25/h8-9,17-18,21,25,29-30H,2-7,10-16,19-20,42H2,1H3,(H,34,35)(H,37,38)/t21?,29-,30-/m1/s1.